The van der Waals surface area contributed by atoms with Crippen molar-refractivity contribution < 1.29 is 4.74 Å². The number of rotatable bonds is 5. The summed E-state index contributed by atoms with van der Waals surface area (Å²) in [5, 5.41) is 3.45. The number of methoxy groups -OCH3 is 1. The molecule has 2 heteroatoms. The highest BCUT2D eigenvalue weighted by molar-refractivity contribution is 5.10. The lowest BCUT2D eigenvalue weighted by molar-refractivity contribution is 0.197. The van der Waals surface area contributed by atoms with Gasteiger partial charge in [0.25, 0.3) is 0 Å². The zero-order valence-electron chi connectivity index (χ0n) is 8.33. The first-order chi connectivity index (χ1) is 6.40. The van der Waals surface area contributed by atoms with Crippen LogP contribution in [0.1, 0.15) is 12.8 Å². The highest BCUT2D eigenvalue weighted by atomic mass is 16.5. The van der Waals surface area contributed by atoms with E-state index in [4.69, 9.17) is 4.74 Å². The molecule has 13 heavy (non-hydrogen) atoms. The van der Waals surface area contributed by atoms with E-state index in [0.717, 1.165) is 30.9 Å². The predicted octanol–water partition coefficient (Wildman–Crippen LogP) is 1.43. The number of hydrogen-bond donors (Lipinski definition) is 1. The normalized spacial score (nSPS) is 35.9. The number of ether oxygens (including phenoxy) is 1. The van der Waals surface area contributed by atoms with Gasteiger partial charge in [-0.15, -0.1) is 0 Å². The van der Waals surface area contributed by atoms with E-state index in [2.05, 4.69) is 17.5 Å². The minimum Gasteiger partial charge on any atom is -0.383 e. The lowest BCUT2D eigenvalue weighted by atomic mass is 9.94. The molecule has 2 aliphatic rings. The van der Waals surface area contributed by atoms with Crippen molar-refractivity contribution in [3.8, 4) is 0 Å². The number of hydrogen-bond acceptors (Lipinski definition) is 2. The molecule has 0 radical (unpaired) electrons. The van der Waals surface area contributed by atoms with Crippen molar-refractivity contribution >= 4 is 0 Å². The summed E-state index contributed by atoms with van der Waals surface area (Å²) in [6.45, 7) is 3.00. The van der Waals surface area contributed by atoms with Crippen LogP contribution >= 0.6 is 0 Å². The summed E-state index contributed by atoms with van der Waals surface area (Å²) >= 11 is 0. The van der Waals surface area contributed by atoms with Gasteiger partial charge >= 0.3 is 0 Å². The van der Waals surface area contributed by atoms with Crippen LogP contribution in [0.2, 0.25) is 0 Å². The first kappa shape index (κ1) is 9.22. The average Bonchev–Trinajstić information content (AvgIpc) is 2.73. The largest absolute Gasteiger partial charge is 0.383 e. The summed E-state index contributed by atoms with van der Waals surface area (Å²) in [5.74, 6) is 2.67. The summed E-state index contributed by atoms with van der Waals surface area (Å²) in [6, 6.07) is 0. The Morgan fingerprint density at radius 3 is 2.92 bits per heavy atom. The van der Waals surface area contributed by atoms with Crippen molar-refractivity contribution in [2.24, 2.45) is 17.8 Å². The van der Waals surface area contributed by atoms with Gasteiger partial charge in [0.05, 0.1) is 6.61 Å². The molecule has 2 rings (SSSR count). The topological polar surface area (TPSA) is 21.3 Å². The molecule has 74 valence electrons. The molecule has 0 amide bonds. The fraction of sp³-hybridized carbons (Fsp3) is 0.818. The Labute approximate surface area is 80.4 Å². The van der Waals surface area contributed by atoms with E-state index >= 15 is 0 Å². The Morgan fingerprint density at radius 1 is 1.38 bits per heavy atom. The second kappa shape index (κ2) is 4.25. The summed E-state index contributed by atoms with van der Waals surface area (Å²) in [6.07, 6.45) is 7.63. The maximum absolute atomic E-state index is 4.99. The van der Waals surface area contributed by atoms with Gasteiger partial charge in [0, 0.05) is 13.7 Å². The van der Waals surface area contributed by atoms with E-state index < -0.39 is 0 Å². The highest BCUT2D eigenvalue weighted by Crippen LogP contribution is 2.42. The number of nitrogens with one attached hydrogen (secondary N) is 1. The van der Waals surface area contributed by atoms with Crippen LogP contribution in [0.5, 0.6) is 0 Å². The molecular formula is C11H19NO. The molecule has 1 fully saturated rings. The standard InChI is InChI=1S/C11H19NO/c1-13-5-4-12-8-11-7-9-2-3-10(11)6-9/h2-3,9-12H,4-8H2,1H3/t9-,10-,11+/m0/s1. The molecule has 0 aliphatic heterocycles. The van der Waals surface area contributed by atoms with E-state index in [1.807, 2.05) is 0 Å². The van der Waals surface area contributed by atoms with Crippen LogP contribution in [0.4, 0.5) is 0 Å². The van der Waals surface area contributed by atoms with Gasteiger partial charge in [-0.05, 0) is 37.1 Å². The molecule has 2 bridgehead atoms. The van der Waals surface area contributed by atoms with Gasteiger partial charge in [-0.2, -0.15) is 0 Å². The van der Waals surface area contributed by atoms with Gasteiger partial charge < -0.3 is 10.1 Å². The first-order valence-corrected chi connectivity index (χ1v) is 5.28. The van der Waals surface area contributed by atoms with Crippen molar-refractivity contribution in [1.82, 2.24) is 5.32 Å². The summed E-state index contributed by atoms with van der Waals surface area (Å²) < 4.78 is 4.99. The van der Waals surface area contributed by atoms with Crippen molar-refractivity contribution in [2.75, 3.05) is 26.8 Å². The van der Waals surface area contributed by atoms with Crippen LogP contribution in [0, 0.1) is 17.8 Å². The van der Waals surface area contributed by atoms with Crippen LogP contribution in [0.3, 0.4) is 0 Å². The van der Waals surface area contributed by atoms with Gasteiger partial charge in [-0.25, -0.2) is 0 Å². The molecule has 0 heterocycles. The molecule has 1 N–H and O–H groups in total. The van der Waals surface area contributed by atoms with Gasteiger partial charge in [-0.1, -0.05) is 12.2 Å². The van der Waals surface area contributed by atoms with Gasteiger partial charge in [0.15, 0.2) is 0 Å². The Bertz CT molecular complexity index is 191. The fourth-order valence-electron chi connectivity index (χ4n) is 2.59. The summed E-state index contributed by atoms with van der Waals surface area (Å²) in [7, 11) is 1.75. The summed E-state index contributed by atoms with van der Waals surface area (Å²) in [5.41, 5.74) is 0. The molecule has 0 spiro atoms. The van der Waals surface area contributed by atoms with Gasteiger partial charge in [0.2, 0.25) is 0 Å². The van der Waals surface area contributed by atoms with E-state index in [9.17, 15) is 0 Å². The maximum Gasteiger partial charge on any atom is 0.0587 e. The average molecular weight is 181 g/mol. The third-order valence-corrected chi connectivity index (χ3v) is 3.31. The van der Waals surface area contributed by atoms with Crippen LogP contribution in [0.25, 0.3) is 0 Å². The first-order valence-electron chi connectivity index (χ1n) is 5.28. The smallest absolute Gasteiger partial charge is 0.0587 e. The Kier molecular flexibility index (Phi) is 3.01. The Morgan fingerprint density at radius 2 is 2.31 bits per heavy atom. The van der Waals surface area contributed by atoms with Gasteiger partial charge in [0.1, 0.15) is 0 Å². The zero-order chi connectivity index (χ0) is 9.10. The molecule has 0 aromatic rings. The van der Waals surface area contributed by atoms with E-state index in [1.54, 1.807) is 7.11 Å². The van der Waals surface area contributed by atoms with E-state index in [1.165, 1.54) is 19.4 Å². The Hall–Kier alpha value is -0.340. The molecule has 1 saturated carbocycles. The second-order valence-electron chi connectivity index (χ2n) is 4.24. The predicted molar refractivity (Wildman–Crippen MR) is 53.6 cm³/mol. The minimum atomic E-state index is 0.830. The van der Waals surface area contributed by atoms with Gasteiger partial charge in [-0.3, -0.25) is 0 Å². The van der Waals surface area contributed by atoms with Crippen molar-refractivity contribution in [3.63, 3.8) is 0 Å². The molecule has 0 unspecified atom stereocenters. The third-order valence-electron chi connectivity index (χ3n) is 3.31. The lowest BCUT2D eigenvalue weighted by Crippen LogP contribution is -2.28. The lowest BCUT2D eigenvalue weighted by Gasteiger charge is -2.18. The highest BCUT2D eigenvalue weighted by Gasteiger charge is 2.34. The van der Waals surface area contributed by atoms with Crippen LogP contribution in [0.15, 0.2) is 12.2 Å². The van der Waals surface area contributed by atoms with E-state index in [-0.39, 0.29) is 0 Å². The number of fused-ring (bicyclic) bond motifs is 2. The van der Waals surface area contributed by atoms with E-state index in [0.29, 0.717) is 0 Å². The molecule has 0 saturated heterocycles. The van der Waals surface area contributed by atoms with Crippen molar-refractivity contribution in [3.05, 3.63) is 12.2 Å². The van der Waals surface area contributed by atoms with Crippen molar-refractivity contribution in [1.29, 1.82) is 0 Å². The maximum atomic E-state index is 4.99. The molecule has 2 nitrogen and oxygen atoms in total. The molecule has 3 atom stereocenters. The van der Waals surface area contributed by atoms with Crippen LogP contribution < -0.4 is 5.32 Å². The van der Waals surface area contributed by atoms with Crippen LogP contribution in [-0.2, 0) is 4.74 Å². The number of allylic oxidation sites excluding steroid dienone is 2. The SMILES string of the molecule is COCCNC[C@H]1C[C@H]2C=C[C@H]1C2. The molecule has 0 aromatic heterocycles. The summed E-state index contributed by atoms with van der Waals surface area (Å²) in [4.78, 5) is 0. The van der Waals surface area contributed by atoms with Crippen LogP contribution in [-0.4, -0.2) is 26.8 Å². The molecule has 2 aliphatic carbocycles. The molecule has 0 aromatic carbocycles. The minimum absolute atomic E-state index is 0.830. The second-order valence-corrected chi connectivity index (χ2v) is 4.24. The Balaban J connectivity index is 1.64. The molecular weight excluding hydrogens is 162 g/mol. The third kappa shape index (κ3) is 2.12. The van der Waals surface area contributed by atoms with Crippen molar-refractivity contribution in [2.45, 2.75) is 12.8 Å². The monoisotopic (exact) mass is 181 g/mol. The quantitative estimate of drug-likeness (QED) is 0.512. The fourth-order valence-corrected chi connectivity index (χ4v) is 2.59. The zero-order valence-corrected chi connectivity index (χ0v) is 8.33.